The van der Waals surface area contributed by atoms with Gasteiger partial charge in [0.05, 0.1) is 22.9 Å². The molecule has 0 spiro atoms. The molecule has 296 valence electrons. The number of hydrogen-bond donors (Lipinski definition) is 0. The molecule has 5 heteroatoms. The molecule has 0 bridgehead atoms. The van der Waals surface area contributed by atoms with Crippen LogP contribution in [0.25, 0.3) is 132 Å². The third-order valence-electron chi connectivity index (χ3n) is 12.6. The Labute approximate surface area is 368 Å². The maximum absolute atomic E-state index is 5.48. The first kappa shape index (κ1) is 36.0. The van der Waals surface area contributed by atoms with Crippen LogP contribution in [0, 0.1) is 0 Å². The Hall–Kier alpha value is -8.67. The van der Waals surface area contributed by atoms with E-state index < -0.39 is 0 Å². The Bertz CT molecular complexity index is 3910. The Morgan fingerprint density at radius 2 is 0.688 bits per heavy atom. The number of rotatable bonds is 5. The molecule has 0 atom stereocenters. The minimum Gasteiger partial charge on any atom is -0.252 e. The summed E-state index contributed by atoms with van der Waals surface area (Å²) in [6.07, 6.45) is 1.92. The number of nitrogens with zero attached hydrogens (tertiary/aromatic N) is 5. The summed E-state index contributed by atoms with van der Waals surface area (Å²) >= 11 is 0. The van der Waals surface area contributed by atoms with Crippen molar-refractivity contribution < 1.29 is 0 Å². The SMILES string of the molecule is c1ccc2cc(-c3nc(-c4cc(-c5cnc6c7ccccc7c7ccccc7c6n5)cc(-c5cc6ccccc6c6ccccc56)c4)nc(-c4ccc5ccccc5c4)n3)ccc2c1. The lowest BCUT2D eigenvalue weighted by Crippen LogP contribution is -2.01. The second kappa shape index (κ2) is 14.5. The molecule has 0 unspecified atom stereocenters. The summed E-state index contributed by atoms with van der Waals surface area (Å²) in [5.41, 5.74) is 8.25. The quantitative estimate of drug-likeness (QED) is 0.162. The van der Waals surface area contributed by atoms with Crippen LogP contribution in [-0.4, -0.2) is 24.9 Å². The number of benzene rings is 11. The molecule has 13 aromatic rings. The van der Waals surface area contributed by atoms with Crippen molar-refractivity contribution in [3.63, 3.8) is 0 Å². The molecule has 2 heterocycles. The monoisotopic (exact) mass is 813 g/mol. The summed E-state index contributed by atoms with van der Waals surface area (Å²) in [5, 5.41) is 13.8. The fraction of sp³-hybridized carbons (Fsp3) is 0. The van der Waals surface area contributed by atoms with Gasteiger partial charge in [0, 0.05) is 33.0 Å². The van der Waals surface area contributed by atoms with E-state index in [1.165, 1.54) is 21.5 Å². The van der Waals surface area contributed by atoms with Gasteiger partial charge in [-0.3, -0.25) is 4.98 Å². The van der Waals surface area contributed by atoms with Crippen LogP contribution in [0.2, 0.25) is 0 Å². The van der Waals surface area contributed by atoms with Crippen LogP contribution in [0.15, 0.2) is 212 Å². The van der Waals surface area contributed by atoms with E-state index in [0.29, 0.717) is 17.5 Å². The molecule has 64 heavy (non-hydrogen) atoms. The van der Waals surface area contributed by atoms with Crippen molar-refractivity contribution in [2.45, 2.75) is 0 Å². The summed E-state index contributed by atoms with van der Waals surface area (Å²) in [4.78, 5) is 26.5. The molecule has 5 nitrogen and oxygen atoms in total. The Morgan fingerprint density at radius 3 is 1.30 bits per heavy atom. The van der Waals surface area contributed by atoms with E-state index >= 15 is 0 Å². The zero-order valence-electron chi connectivity index (χ0n) is 34.4. The first-order valence-corrected chi connectivity index (χ1v) is 21.6. The van der Waals surface area contributed by atoms with Gasteiger partial charge in [-0.2, -0.15) is 0 Å². The highest BCUT2D eigenvalue weighted by atomic mass is 15.0. The number of hydrogen-bond acceptors (Lipinski definition) is 5. The van der Waals surface area contributed by atoms with E-state index in [2.05, 4.69) is 206 Å². The molecular weight excluding hydrogens is 779 g/mol. The summed E-state index contributed by atoms with van der Waals surface area (Å²) in [7, 11) is 0. The van der Waals surface area contributed by atoms with Gasteiger partial charge in [-0.1, -0.05) is 170 Å². The van der Waals surface area contributed by atoms with Gasteiger partial charge in [0.2, 0.25) is 0 Å². The first-order chi connectivity index (χ1) is 31.7. The van der Waals surface area contributed by atoms with E-state index in [0.717, 1.165) is 93.2 Å². The van der Waals surface area contributed by atoms with Gasteiger partial charge in [-0.05, 0) is 101 Å². The normalized spacial score (nSPS) is 11.8. The zero-order valence-corrected chi connectivity index (χ0v) is 34.4. The van der Waals surface area contributed by atoms with Crippen molar-refractivity contribution in [3.05, 3.63) is 212 Å². The second-order valence-corrected chi connectivity index (χ2v) is 16.5. The van der Waals surface area contributed by atoms with E-state index in [-0.39, 0.29) is 0 Å². The molecule has 2 aromatic heterocycles. The van der Waals surface area contributed by atoms with E-state index in [1.807, 2.05) is 6.20 Å². The predicted molar refractivity (Wildman–Crippen MR) is 265 cm³/mol. The smallest absolute Gasteiger partial charge is 0.164 e. The highest BCUT2D eigenvalue weighted by molar-refractivity contribution is 6.23. The summed E-state index contributed by atoms with van der Waals surface area (Å²) < 4.78 is 0. The molecule has 0 amide bonds. The van der Waals surface area contributed by atoms with Crippen LogP contribution >= 0.6 is 0 Å². The first-order valence-electron chi connectivity index (χ1n) is 21.6. The van der Waals surface area contributed by atoms with E-state index in [4.69, 9.17) is 24.9 Å². The van der Waals surface area contributed by atoms with Crippen LogP contribution in [0.4, 0.5) is 0 Å². The molecule has 0 saturated heterocycles. The highest BCUT2D eigenvalue weighted by Gasteiger charge is 2.19. The lowest BCUT2D eigenvalue weighted by atomic mass is 9.91. The van der Waals surface area contributed by atoms with Crippen molar-refractivity contribution in [1.82, 2.24) is 24.9 Å². The van der Waals surface area contributed by atoms with Gasteiger partial charge in [0.25, 0.3) is 0 Å². The van der Waals surface area contributed by atoms with Crippen molar-refractivity contribution in [2.75, 3.05) is 0 Å². The minimum absolute atomic E-state index is 0.569. The summed E-state index contributed by atoms with van der Waals surface area (Å²) in [5.74, 6) is 1.77. The van der Waals surface area contributed by atoms with Gasteiger partial charge in [0.1, 0.15) is 0 Å². The van der Waals surface area contributed by atoms with Gasteiger partial charge in [-0.25, -0.2) is 19.9 Å². The van der Waals surface area contributed by atoms with Crippen LogP contribution in [0.1, 0.15) is 0 Å². The fourth-order valence-corrected chi connectivity index (χ4v) is 9.54. The molecule has 0 N–H and O–H groups in total. The predicted octanol–water partition coefficient (Wildman–Crippen LogP) is 15.1. The highest BCUT2D eigenvalue weighted by Crippen LogP contribution is 2.40. The standard InChI is InChI=1S/C59H35N5/c1-3-15-38-29-41(27-25-36(38)13-1)57-62-58(42-28-26-37-14-2-4-16-39(37)30-42)64-59(63-57)45-32-43(53-34-40-17-5-6-18-46(40)47-19-7-8-22-50(47)53)31-44(33-45)54-35-60-55-51-23-11-9-20-48(51)49-21-10-12-24-52(49)56(55)61-54/h1-35H. The van der Waals surface area contributed by atoms with Crippen molar-refractivity contribution in [2.24, 2.45) is 0 Å². The van der Waals surface area contributed by atoms with Gasteiger partial charge in [-0.15, -0.1) is 0 Å². The minimum atomic E-state index is 0.569. The summed E-state index contributed by atoms with van der Waals surface area (Å²) in [6, 6.07) is 72.8. The van der Waals surface area contributed by atoms with Crippen molar-refractivity contribution >= 4 is 75.7 Å². The fourth-order valence-electron chi connectivity index (χ4n) is 9.54. The maximum atomic E-state index is 5.48. The Morgan fingerprint density at radius 1 is 0.250 bits per heavy atom. The molecule has 0 aliphatic heterocycles. The second-order valence-electron chi connectivity index (χ2n) is 16.5. The molecule has 0 fully saturated rings. The Balaban J connectivity index is 1.09. The molecule has 11 aromatic carbocycles. The average Bonchev–Trinajstić information content (AvgIpc) is 3.37. The molecule has 0 aliphatic rings. The zero-order chi connectivity index (χ0) is 42.1. The lowest BCUT2D eigenvalue weighted by molar-refractivity contribution is 1.08. The molecule has 0 aliphatic carbocycles. The van der Waals surface area contributed by atoms with Crippen molar-refractivity contribution in [1.29, 1.82) is 0 Å². The molecular formula is C59H35N5. The number of aromatic nitrogens is 5. The average molecular weight is 814 g/mol. The number of fused-ring (bicyclic) bond motifs is 11. The topological polar surface area (TPSA) is 64.5 Å². The summed E-state index contributed by atoms with van der Waals surface area (Å²) in [6.45, 7) is 0. The maximum Gasteiger partial charge on any atom is 0.164 e. The largest absolute Gasteiger partial charge is 0.252 e. The third-order valence-corrected chi connectivity index (χ3v) is 12.6. The van der Waals surface area contributed by atoms with Gasteiger partial charge >= 0.3 is 0 Å². The lowest BCUT2D eigenvalue weighted by Gasteiger charge is -2.15. The van der Waals surface area contributed by atoms with E-state index in [9.17, 15) is 0 Å². The van der Waals surface area contributed by atoms with Crippen LogP contribution in [0.5, 0.6) is 0 Å². The molecule has 13 rings (SSSR count). The van der Waals surface area contributed by atoms with Crippen molar-refractivity contribution in [3.8, 4) is 56.5 Å². The van der Waals surface area contributed by atoms with E-state index in [1.54, 1.807) is 0 Å². The molecule has 0 radical (unpaired) electrons. The van der Waals surface area contributed by atoms with Gasteiger partial charge in [0.15, 0.2) is 17.5 Å². The van der Waals surface area contributed by atoms with Gasteiger partial charge < -0.3 is 0 Å². The molecule has 0 saturated carbocycles. The van der Waals surface area contributed by atoms with Crippen LogP contribution in [0.3, 0.4) is 0 Å². The third kappa shape index (κ3) is 5.98. The van der Waals surface area contributed by atoms with Crippen LogP contribution in [-0.2, 0) is 0 Å². The van der Waals surface area contributed by atoms with Crippen LogP contribution < -0.4 is 0 Å². The Kier molecular flexibility index (Phi) is 8.15.